The molecule has 0 saturated carbocycles. The van der Waals surface area contributed by atoms with Crippen molar-refractivity contribution in [2.75, 3.05) is 10.6 Å². The smallest absolute Gasteiger partial charge is 0.349 e. The van der Waals surface area contributed by atoms with Crippen molar-refractivity contribution in [3.8, 4) is 0 Å². The molecule has 1 amide bonds. The molecule has 2 aromatic rings. The van der Waals surface area contributed by atoms with Crippen molar-refractivity contribution in [3.05, 3.63) is 83.1 Å². The highest BCUT2D eigenvalue weighted by Crippen LogP contribution is 2.39. The number of anilines is 2. The minimum absolute atomic E-state index is 0.00710. The summed E-state index contributed by atoms with van der Waals surface area (Å²) in [6, 6.07) is 18.6. The number of cyclic esters (lactones) is 2. The zero-order valence-corrected chi connectivity index (χ0v) is 17.9. The van der Waals surface area contributed by atoms with E-state index in [9.17, 15) is 14.4 Å². The van der Waals surface area contributed by atoms with E-state index in [0.29, 0.717) is 29.7 Å². The molecule has 0 atom stereocenters. The molecule has 2 aromatic carbocycles. The van der Waals surface area contributed by atoms with Gasteiger partial charge in [-0.15, -0.1) is 0 Å². The van der Waals surface area contributed by atoms with Gasteiger partial charge in [0.15, 0.2) is 0 Å². The number of esters is 2. The maximum absolute atomic E-state index is 12.8. The topological polar surface area (TPSA) is 93.7 Å². The van der Waals surface area contributed by atoms with E-state index in [1.54, 1.807) is 12.1 Å². The van der Waals surface area contributed by atoms with Gasteiger partial charge in [0.1, 0.15) is 5.57 Å². The molecule has 2 N–H and O–H groups in total. The Balaban J connectivity index is 1.69. The van der Waals surface area contributed by atoms with Gasteiger partial charge in [-0.1, -0.05) is 36.4 Å². The van der Waals surface area contributed by atoms with Crippen LogP contribution in [0.1, 0.15) is 33.1 Å². The lowest BCUT2D eigenvalue weighted by atomic mass is 9.98. The SMILES string of the molecule is CC1(C)OC(=O)C(=C2CCC(Nc3ccccc3)=C2CC(=O)Nc2ccccc2)C(=O)O1. The van der Waals surface area contributed by atoms with E-state index in [1.807, 2.05) is 48.5 Å². The molecule has 0 unspecified atom stereocenters. The third kappa shape index (κ3) is 4.72. The molecule has 164 valence electrons. The summed E-state index contributed by atoms with van der Waals surface area (Å²) in [4.78, 5) is 38.2. The lowest BCUT2D eigenvalue weighted by Gasteiger charge is -2.30. The van der Waals surface area contributed by atoms with Gasteiger partial charge in [-0.25, -0.2) is 9.59 Å². The number of allylic oxidation sites excluding steroid dienone is 2. The zero-order valence-electron chi connectivity index (χ0n) is 17.9. The molecule has 32 heavy (non-hydrogen) atoms. The third-order valence-corrected chi connectivity index (χ3v) is 5.20. The molecular weight excluding hydrogens is 408 g/mol. The van der Waals surface area contributed by atoms with E-state index >= 15 is 0 Å². The molecule has 2 aliphatic rings. The number of para-hydroxylation sites is 2. The van der Waals surface area contributed by atoms with Crippen LogP contribution in [0.4, 0.5) is 11.4 Å². The standard InChI is InChI=1S/C25H24N2O5/c1-25(2)31-23(29)22(24(30)32-25)18-13-14-20(26-16-9-5-3-6-10-16)19(18)15-21(28)27-17-11-7-4-8-12-17/h3-12,26H,13-15H2,1-2H3,(H,27,28). The average molecular weight is 432 g/mol. The van der Waals surface area contributed by atoms with Gasteiger partial charge < -0.3 is 20.1 Å². The predicted molar refractivity (Wildman–Crippen MR) is 119 cm³/mol. The minimum atomic E-state index is -1.32. The van der Waals surface area contributed by atoms with Crippen molar-refractivity contribution >= 4 is 29.2 Å². The first-order valence-electron chi connectivity index (χ1n) is 10.4. The van der Waals surface area contributed by atoms with Gasteiger partial charge in [0, 0.05) is 30.9 Å². The number of carbonyl (C=O) groups excluding carboxylic acids is 3. The number of hydrogen-bond donors (Lipinski definition) is 2. The minimum Gasteiger partial charge on any atom is -0.419 e. The van der Waals surface area contributed by atoms with Crippen molar-refractivity contribution in [2.24, 2.45) is 0 Å². The van der Waals surface area contributed by atoms with Crippen LogP contribution in [0.25, 0.3) is 0 Å². The average Bonchev–Trinajstić information content (AvgIpc) is 3.10. The van der Waals surface area contributed by atoms with E-state index in [-0.39, 0.29) is 17.9 Å². The van der Waals surface area contributed by atoms with Crippen LogP contribution in [0.5, 0.6) is 0 Å². The van der Waals surface area contributed by atoms with Crippen LogP contribution in [-0.2, 0) is 23.9 Å². The molecule has 0 spiro atoms. The Labute approximate surface area is 186 Å². The van der Waals surface area contributed by atoms with Gasteiger partial charge in [0.2, 0.25) is 5.91 Å². The molecule has 1 aliphatic carbocycles. The first-order chi connectivity index (χ1) is 15.3. The Morgan fingerprint density at radius 2 is 1.44 bits per heavy atom. The molecule has 0 bridgehead atoms. The van der Waals surface area contributed by atoms with Crippen LogP contribution >= 0.6 is 0 Å². The van der Waals surface area contributed by atoms with Crippen molar-refractivity contribution < 1.29 is 23.9 Å². The number of hydrogen-bond acceptors (Lipinski definition) is 6. The van der Waals surface area contributed by atoms with Gasteiger partial charge in [0.05, 0.1) is 6.42 Å². The van der Waals surface area contributed by atoms with Crippen LogP contribution in [-0.4, -0.2) is 23.6 Å². The Morgan fingerprint density at radius 3 is 2.03 bits per heavy atom. The van der Waals surface area contributed by atoms with Crippen molar-refractivity contribution in [2.45, 2.75) is 38.9 Å². The Hall–Kier alpha value is -3.87. The molecule has 1 saturated heterocycles. The fourth-order valence-corrected chi connectivity index (χ4v) is 3.84. The Bertz CT molecular complexity index is 1100. The second kappa shape index (κ2) is 8.70. The fourth-order valence-electron chi connectivity index (χ4n) is 3.84. The molecule has 0 radical (unpaired) electrons. The maximum atomic E-state index is 12.8. The molecule has 0 aromatic heterocycles. The van der Waals surface area contributed by atoms with E-state index in [1.165, 1.54) is 13.8 Å². The van der Waals surface area contributed by atoms with Crippen molar-refractivity contribution in [3.63, 3.8) is 0 Å². The van der Waals surface area contributed by atoms with Gasteiger partial charge in [-0.3, -0.25) is 4.79 Å². The second-order valence-corrected chi connectivity index (χ2v) is 8.07. The van der Waals surface area contributed by atoms with Crippen molar-refractivity contribution in [1.29, 1.82) is 0 Å². The number of amides is 1. The number of rotatable bonds is 5. The summed E-state index contributed by atoms with van der Waals surface area (Å²) >= 11 is 0. The molecule has 7 heteroatoms. The summed E-state index contributed by atoms with van der Waals surface area (Å²) < 4.78 is 10.6. The van der Waals surface area contributed by atoms with Crippen molar-refractivity contribution in [1.82, 2.24) is 0 Å². The number of benzene rings is 2. The number of carbonyl (C=O) groups is 3. The lowest BCUT2D eigenvalue weighted by molar-refractivity contribution is -0.222. The predicted octanol–water partition coefficient (Wildman–Crippen LogP) is 4.31. The van der Waals surface area contributed by atoms with E-state index < -0.39 is 17.7 Å². The summed E-state index contributed by atoms with van der Waals surface area (Å²) in [7, 11) is 0. The highest BCUT2D eigenvalue weighted by atomic mass is 16.7. The highest BCUT2D eigenvalue weighted by molar-refractivity contribution is 6.17. The van der Waals surface area contributed by atoms with Crippen LogP contribution < -0.4 is 10.6 Å². The van der Waals surface area contributed by atoms with Crippen LogP contribution in [0.3, 0.4) is 0 Å². The maximum Gasteiger partial charge on any atom is 0.349 e. The molecule has 1 aliphatic heterocycles. The molecule has 4 rings (SSSR count). The highest BCUT2D eigenvalue weighted by Gasteiger charge is 2.42. The number of nitrogens with one attached hydrogen (secondary N) is 2. The normalized spacial score (nSPS) is 17.7. The molecule has 1 fully saturated rings. The first kappa shape index (κ1) is 21.4. The molecular formula is C25H24N2O5. The van der Waals surface area contributed by atoms with Gasteiger partial charge in [-0.2, -0.15) is 0 Å². The number of ether oxygens (including phenoxy) is 2. The summed E-state index contributed by atoms with van der Waals surface area (Å²) in [5.41, 5.74) is 3.25. The largest absolute Gasteiger partial charge is 0.419 e. The van der Waals surface area contributed by atoms with Gasteiger partial charge in [-0.05, 0) is 48.3 Å². The Kier molecular flexibility index (Phi) is 5.81. The van der Waals surface area contributed by atoms with Gasteiger partial charge >= 0.3 is 11.9 Å². The lowest BCUT2D eigenvalue weighted by Crippen LogP contribution is -2.42. The Morgan fingerprint density at radius 1 is 0.875 bits per heavy atom. The first-order valence-corrected chi connectivity index (χ1v) is 10.4. The summed E-state index contributed by atoms with van der Waals surface area (Å²) in [6.45, 7) is 3.01. The summed E-state index contributed by atoms with van der Waals surface area (Å²) in [6.07, 6.45) is 0.960. The monoisotopic (exact) mass is 432 g/mol. The van der Waals surface area contributed by atoms with Gasteiger partial charge in [0.25, 0.3) is 5.79 Å². The zero-order chi connectivity index (χ0) is 22.7. The van der Waals surface area contributed by atoms with E-state index in [4.69, 9.17) is 9.47 Å². The fraction of sp³-hybridized carbons (Fsp3) is 0.240. The van der Waals surface area contributed by atoms with Crippen LogP contribution in [0, 0.1) is 0 Å². The van der Waals surface area contributed by atoms with E-state index in [0.717, 1.165) is 11.4 Å². The van der Waals surface area contributed by atoms with Crippen LogP contribution in [0.15, 0.2) is 83.1 Å². The second-order valence-electron chi connectivity index (χ2n) is 8.07. The molecule has 1 heterocycles. The summed E-state index contributed by atoms with van der Waals surface area (Å²) in [5, 5.41) is 6.19. The van der Waals surface area contributed by atoms with E-state index in [2.05, 4.69) is 10.6 Å². The van der Waals surface area contributed by atoms with Crippen LogP contribution in [0.2, 0.25) is 0 Å². The third-order valence-electron chi connectivity index (χ3n) is 5.20. The quantitative estimate of drug-likeness (QED) is 0.416. The molecule has 7 nitrogen and oxygen atoms in total. The summed E-state index contributed by atoms with van der Waals surface area (Å²) in [5.74, 6) is -3.04.